The summed E-state index contributed by atoms with van der Waals surface area (Å²) in [6.07, 6.45) is -3.82. The summed E-state index contributed by atoms with van der Waals surface area (Å²) in [7, 11) is 3.80. The number of likely N-dealkylation sites (N-methyl/N-ethyl adjacent to an activating group) is 1. The third-order valence-electron chi connectivity index (χ3n) is 12.7. The highest BCUT2D eigenvalue weighted by atomic mass is 16.7. The van der Waals surface area contributed by atoms with Gasteiger partial charge in [0.05, 0.1) is 30.4 Å². The standard InChI is InChI=1S/C44H59N3O9/c1-25-24-43(7,52-21-13-14-31-17-18-32-15-11-12-16-33(32)23-31)39(55-41-37(49)34(46(9)10)22-26(2)53-41)28(4)36(48)29(5)40(50)54-30(6)44(8)38-27(3)35(25)45-19-20-47(38)42(51)56-44/h11-12,15-18,23,25-30,34,37-39,41,49H,19-22,24H2,1-10H3/t25-,26+,27-,28+,29-,30+,34-,37?,38-,39-,41-,43+,44-/m1/s1. The van der Waals surface area contributed by atoms with Crippen molar-refractivity contribution in [1.82, 2.24) is 9.80 Å². The van der Waals surface area contributed by atoms with Gasteiger partial charge in [0, 0.05) is 35.7 Å². The van der Waals surface area contributed by atoms with Gasteiger partial charge in [-0.25, -0.2) is 4.79 Å². The number of ketones is 1. The maximum absolute atomic E-state index is 14.5. The number of carbonyl (C=O) groups excluding carboxylic acids is 3. The van der Waals surface area contributed by atoms with Crippen molar-refractivity contribution in [3.05, 3.63) is 48.0 Å². The number of Topliss-reactive ketones (excluding diaryl/α,β-unsaturated/α-hetero) is 1. The molecule has 4 aliphatic rings. The number of cyclic esters (lactones) is 1. The van der Waals surface area contributed by atoms with E-state index in [4.69, 9.17) is 28.7 Å². The molecule has 0 radical (unpaired) electrons. The van der Waals surface area contributed by atoms with Gasteiger partial charge in [0.1, 0.15) is 24.7 Å². The van der Waals surface area contributed by atoms with E-state index in [0.717, 1.165) is 22.0 Å². The highest BCUT2D eigenvalue weighted by molar-refractivity contribution is 6.00. The second-order valence-corrected chi connectivity index (χ2v) is 17.0. The number of carbonyl (C=O) groups is 3. The molecule has 1 amide bonds. The number of esters is 1. The van der Waals surface area contributed by atoms with E-state index in [2.05, 4.69) is 24.8 Å². The Morgan fingerprint density at radius 2 is 1.71 bits per heavy atom. The molecule has 12 heteroatoms. The quantitative estimate of drug-likeness (QED) is 0.244. The summed E-state index contributed by atoms with van der Waals surface area (Å²) >= 11 is 0. The van der Waals surface area contributed by atoms with E-state index in [1.165, 1.54) is 6.92 Å². The average Bonchev–Trinajstić information content (AvgIpc) is 3.29. The molecule has 3 saturated heterocycles. The van der Waals surface area contributed by atoms with E-state index in [-0.39, 0.29) is 30.6 Å². The molecule has 2 aromatic carbocycles. The Balaban J connectivity index is 1.42. The summed E-state index contributed by atoms with van der Waals surface area (Å²) in [6.45, 7) is 15.4. The minimum atomic E-state index is -1.23. The minimum absolute atomic E-state index is 0.00439. The van der Waals surface area contributed by atoms with Crippen LogP contribution in [0.3, 0.4) is 0 Å². The van der Waals surface area contributed by atoms with Crippen molar-refractivity contribution in [3.63, 3.8) is 0 Å². The SMILES string of the molecule is C[C@H]1C(=O)O[C@@H](C)[C@@]2(C)OC(=O)N3CCN=C([C@H](C)C[C@](C)(OCC#Cc4ccc5ccccc5c4)[C@H](O[C@H]4O[C@@H](C)C[C@@H](N(C)C)C4O)[C@@H](C)C1=O)[C@@H](C)[C@@H]32. The van der Waals surface area contributed by atoms with Gasteiger partial charge in [0.15, 0.2) is 17.7 Å². The topological polar surface area (TPSA) is 136 Å². The number of aliphatic imine (C=N–C) groups is 1. The van der Waals surface area contributed by atoms with Crippen LogP contribution in [0.25, 0.3) is 10.8 Å². The van der Waals surface area contributed by atoms with Crippen LogP contribution in [0.15, 0.2) is 47.5 Å². The zero-order valence-electron chi connectivity index (χ0n) is 34.5. The molecule has 0 aliphatic carbocycles. The lowest BCUT2D eigenvalue weighted by atomic mass is 9.73. The first kappa shape index (κ1) is 41.8. The number of rotatable bonds is 5. The summed E-state index contributed by atoms with van der Waals surface area (Å²) in [5.41, 5.74) is -0.742. The van der Waals surface area contributed by atoms with Crippen LogP contribution in [-0.4, -0.2) is 126 Å². The molecule has 4 aliphatic heterocycles. The highest BCUT2D eigenvalue weighted by Crippen LogP contribution is 2.43. The number of hydrogen-bond acceptors (Lipinski definition) is 11. The van der Waals surface area contributed by atoms with Crippen LogP contribution in [0.2, 0.25) is 0 Å². The zero-order valence-corrected chi connectivity index (χ0v) is 34.5. The number of aliphatic hydroxyl groups is 1. The van der Waals surface area contributed by atoms with Crippen LogP contribution in [0.1, 0.15) is 73.8 Å². The maximum Gasteiger partial charge on any atom is 0.410 e. The number of hydrogen-bond donors (Lipinski definition) is 1. The van der Waals surface area contributed by atoms with Gasteiger partial charge in [-0.05, 0) is 90.4 Å². The summed E-state index contributed by atoms with van der Waals surface area (Å²) in [6, 6.07) is 13.4. The second-order valence-electron chi connectivity index (χ2n) is 17.0. The van der Waals surface area contributed by atoms with E-state index in [1.807, 2.05) is 76.2 Å². The fraction of sp³-hybridized carbons (Fsp3) is 0.636. The molecule has 4 heterocycles. The van der Waals surface area contributed by atoms with Gasteiger partial charge >= 0.3 is 12.1 Å². The molecule has 1 N–H and O–H groups in total. The fourth-order valence-electron chi connectivity index (χ4n) is 9.47. The molecule has 2 aromatic rings. The Bertz CT molecular complexity index is 1890. The first-order valence-corrected chi connectivity index (χ1v) is 20.0. The molecule has 0 saturated carbocycles. The summed E-state index contributed by atoms with van der Waals surface area (Å²) in [5.74, 6) is 2.64. The molecule has 0 aromatic heterocycles. The lowest BCUT2D eigenvalue weighted by Crippen LogP contribution is -2.60. The van der Waals surface area contributed by atoms with Crippen molar-refractivity contribution in [1.29, 1.82) is 0 Å². The molecule has 56 heavy (non-hydrogen) atoms. The molecule has 2 bridgehead atoms. The van der Waals surface area contributed by atoms with Crippen LogP contribution in [-0.2, 0) is 33.3 Å². The van der Waals surface area contributed by atoms with Crippen molar-refractivity contribution in [2.45, 2.75) is 122 Å². The number of nitrogens with zero attached hydrogens (tertiary/aromatic N) is 3. The summed E-state index contributed by atoms with van der Waals surface area (Å²) in [4.78, 5) is 50.4. The van der Waals surface area contributed by atoms with Crippen LogP contribution in [0, 0.1) is 35.5 Å². The van der Waals surface area contributed by atoms with Gasteiger partial charge in [-0.3, -0.25) is 19.5 Å². The molecule has 6 rings (SSSR count). The maximum atomic E-state index is 14.5. The molecule has 1 unspecified atom stereocenters. The fourth-order valence-corrected chi connectivity index (χ4v) is 9.47. The smallest absolute Gasteiger partial charge is 0.410 e. The van der Waals surface area contributed by atoms with E-state index >= 15 is 0 Å². The molecule has 0 spiro atoms. The summed E-state index contributed by atoms with van der Waals surface area (Å²) < 4.78 is 32.0. The van der Waals surface area contributed by atoms with Gasteiger partial charge in [-0.1, -0.05) is 62.9 Å². The van der Waals surface area contributed by atoms with Crippen molar-refractivity contribution in [2.75, 3.05) is 33.8 Å². The third-order valence-corrected chi connectivity index (χ3v) is 12.7. The first-order chi connectivity index (χ1) is 26.4. The van der Waals surface area contributed by atoms with Gasteiger partial charge < -0.3 is 33.7 Å². The van der Waals surface area contributed by atoms with Crippen molar-refractivity contribution in [2.24, 2.45) is 28.7 Å². The highest BCUT2D eigenvalue weighted by Gasteiger charge is 2.59. The van der Waals surface area contributed by atoms with Crippen LogP contribution < -0.4 is 0 Å². The Morgan fingerprint density at radius 3 is 2.43 bits per heavy atom. The summed E-state index contributed by atoms with van der Waals surface area (Å²) in [5, 5.41) is 13.8. The van der Waals surface area contributed by atoms with Crippen LogP contribution >= 0.6 is 0 Å². The minimum Gasteiger partial charge on any atom is -0.458 e. The number of fused-ring (bicyclic) bond motifs is 2. The number of amides is 1. The van der Waals surface area contributed by atoms with Crippen molar-refractivity contribution in [3.8, 4) is 11.8 Å². The Morgan fingerprint density at radius 1 is 1.00 bits per heavy atom. The van der Waals surface area contributed by atoms with Crippen LogP contribution in [0.4, 0.5) is 4.79 Å². The average molecular weight is 774 g/mol. The molecular formula is C44H59N3O9. The molecule has 12 nitrogen and oxygen atoms in total. The largest absolute Gasteiger partial charge is 0.458 e. The predicted octanol–water partition coefficient (Wildman–Crippen LogP) is 5.26. The zero-order chi connectivity index (χ0) is 40.7. The molecule has 304 valence electrons. The lowest BCUT2D eigenvalue weighted by Gasteiger charge is -2.47. The first-order valence-electron chi connectivity index (χ1n) is 20.0. The number of aliphatic hydroxyl groups excluding tert-OH is 1. The Hall–Kier alpha value is -3.86. The monoisotopic (exact) mass is 773 g/mol. The lowest BCUT2D eigenvalue weighted by molar-refractivity contribution is -0.296. The number of ether oxygens (including phenoxy) is 5. The van der Waals surface area contributed by atoms with Gasteiger partial charge in [-0.2, -0.15) is 0 Å². The second kappa shape index (κ2) is 16.5. The van der Waals surface area contributed by atoms with E-state index in [0.29, 0.717) is 25.9 Å². The molecule has 13 atom stereocenters. The van der Waals surface area contributed by atoms with Crippen LogP contribution in [0.5, 0.6) is 0 Å². The Labute approximate surface area is 331 Å². The Kier molecular flexibility index (Phi) is 12.3. The van der Waals surface area contributed by atoms with Gasteiger partial charge in [0.2, 0.25) is 0 Å². The van der Waals surface area contributed by atoms with Gasteiger partial charge in [-0.15, -0.1) is 0 Å². The molecule has 3 fully saturated rings. The van der Waals surface area contributed by atoms with Crippen molar-refractivity contribution >= 4 is 34.3 Å². The number of benzene rings is 2. The van der Waals surface area contributed by atoms with E-state index in [9.17, 15) is 19.5 Å². The van der Waals surface area contributed by atoms with Gasteiger partial charge in [0.25, 0.3) is 0 Å². The third kappa shape index (κ3) is 8.12. The van der Waals surface area contributed by atoms with Crippen molar-refractivity contribution < 1.29 is 43.2 Å². The van der Waals surface area contributed by atoms with E-state index < -0.39 is 71.5 Å². The van der Waals surface area contributed by atoms with E-state index in [1.54, 1.807) is 25.7 Å². The molecular weight excluding hydrogens is 714 g/mol. The predicted molar refractivity (Wildman–Crippen MR) is 212 cm³/mol. The normalized spacial score (nSPS) is 38.2.